The molecular weight excluding hydrogens is 250 g/mol. The van der Waals surface area contributed by atoms with Crippen LogP contribution in [0.15, 0.2) is 18.2 Å². The number of nitrogens with two attached hydrogens (primary N) is 1. The van der Waals surface area contributed by atoms with Crippen molar-refractivity contribution in [1.82, 2.24) is 0 Å². The van der Waals surface area contributed by atoms with Gasteiger partial charge in [0.2, 0.25) is 0 Å². The van der Waals surface area contributed by atoms with Gasteiger partial charge in [0, 0.05) is 11.6 Å². The van der Waals surface area contributed by atoms with E-state index in [4.69, 9.17) is 15.2 Å². The van der Waals surface area contributed by atoms with Gasteiger partial charge in [0.05, 0.1) is 14.2 Å². The highest BCUT2D eigenvalue weighted by Gasteiger charge is 2.15. The fourth-order valence-corrected chi connectivity index (χ4v) is 1.97. The number of benzene rings is 1. The van der Waals surface area contributed by atoms with Crippen molar-refractivity contribution in [3.63, 3.8) is 0 Å². The normalized spacial score (nSPS) is 11.6. The van der Waals surface area contributed by atoms with Crippen molar-refractivity contribution < 1.29 is 9.47 Å². The number of rotatable bonds is 7. The fourth-order valence-electron chi connectivity index (χ4n) is 1.97. The third-order valence-corrected chi connectivity index (χ3v) is 2.95. The maximum atomic E-state index is 6.20. The number of ether oxygens (including phenoxy) is 2. The molecule has 0 aliphatic carbocycles. The maximum Gasteiger partial charge on any atom is 0.165 e. The molecule has 0 aromatic heterocycles. The van der Waals surface area contributed by atoms with E-state index in [0.717, 1.165) is 29.9 Å². The highest BCUT2D eigenvalue weighted by molar-refractivity contribution is 5.85. The summed E-state index contributed by atoms with van der Waals surface area (Å²) in [4.78, 5) is 0. The number of hydrogen-bond donors (Lipinski definition) is 1. The van der Waals surface area contributed by atoms with Crippen LogP contribution in [0.1, 0.15) is 44.2 Å². The summed E-state index contributed by atoms with van der Waals surface area (Å²) in [7, 11) is 3.30. The Kier molecular flexibility index (Phi) is 8.59. The van der Waals surface area contributed by atoms with Crippen molar-refractivity contribution >= 4 is 12.4 Å². The highest BCUT2D eigenvalue weighted by Crippen LogP contribution is 2.35. The molecule has 4 heteroatoms. The first-order valence-corrected chi connectivity index (χ1v) is 6.21. The van der Waals surface area contributed by atoms with Crippen LogP contribution in [0.5, 0.6) is 11.5 Å². The molecule has 2 N–H and O–H groups in total. The van der Waals surface area contributed by atoms with Gasteiger partial charge in [-0.1, -0.05) is 38.3 Å². The van der Waals surface area contributed by atoms with Crippen molar-refractivity contribution in [3.05, 3.63) is 23.8 Å². The summed E-state index contributed by atoms with van der Waals surface area (Å²) in [6.07, 6.45) is 4.57. The monoisotopic (exact) mass is 273 g/mol. The Hall–Kier alpha value is -0.930. The summed E-state index contributed by atoms with van der Waals surface area (Å²) in [5, 5.41) is 0. The summed E-state index contributed by atoms with van der Waals surface area (Å²) in [6.45, 7) is 2.19. The number of hydrogen-bond acceptors (Lipinski definition) is 3. The number of halogens is 1. The van der Waals surface area contributed by atoms with E-state index >= 15 is 0 Å². The lowest BCUT2D eigenvalue weighted by atomic mass is 10.00. The smallest absolute Gasteiger partial charge is 0.165 e. The molecule has 1 aromatic carbocycles. The largest absolute Gasteiger partial charge is 0.493 e. The topological polar surface area (TPSA) is 44.5 Å². The van der Waals surface area contributed by atoms with Gasteiger partial charge in [0.1, 0.15) is 0 Å². The van der Waals surface area contributed by atoms with Crippen LogP contribution in [-0.4, -0.2) is 14.2 Å². The quantitative estimate of drug-likeness (QED) is 0.771. The van der Waals surface area contributed by atoms with E-state index in [1.54, 1.807) is 14.2 Å². The standard InChI is InChI=1S/C14H23NO2.ClH/c1-4-5-6-9-12(15)11-8-7-10-13(16-2)14(11)17-3;/h7-8,10,12H,4-6,9,15H2,1-3H3;1H/t12-;/m1./s1. The molecular formula is C14H24ClNO2. The van der Waals surface area contributed by atoms with Crippen molar-refractivity contribution in [1.29, 1.82) is 0 Å². The van der Waals surface area contributed by atoms with Gasteiger partial charge in [-0.3, -0.25) is 0 Å². The molecule has 0 bridgehead atoms. The Morgan fingerprint density at radius 1 is 1.17 bits per heavy atom. The summed E-state index contributed by atoms with van der Waals surface area (Å²) >= 11 is 0. The van der Waals surface area contributed by atoms with Crippen molar-refractivity contribution in [3.8, 4) is 11.5 Å². The van der Waals surface area contributed by atoms with E-state index in [9.17, 15) is 0 Å². The van der Waals surface area contributed by atoms with Gasteiger partial charge in [0.25, 0.3) is 0 Å². The Balaban J connectivity index is 0.00000289. The first-order valence-electron chi connectivity index (χ1n) is 6.21. The van der Waals surface area contributed by atoms with Crippen LogP contribution in [0.3, 0.4) is 0 Å². The molecule has 0 unspecified atom stereocenters. The van der Waals surface area contributed by atoms with E-state index in [-0.39, 0.29) is 18.4 Å². The van der Waals surface area contributed by atoms with Crippen LogP contribution in [-0.2, 0) is 0 Å². The zero-order valence-electron chi connectivity index (χ0n) is 11.4. The molecule has 3 nitrogen and oxygen atoms in total. The lowest BCUT2D eigenvalue weighted by Gasteiger charge is -2.17. The molecule has 0 saturated heterocycles. The predicted molar refractivity (Wildman–Crippen MR) is 77.9 cm³/mol. The Labute approximate surface area is 116 Å². The van der Waals surface area contributed by atoms with Crippen LogP contribution in [0.25, 0.3) is 0 Å². The van der Waals surface area contributed by atoms with Crippen LogP contribution in [0.4, 0.5) is 0 Å². The van der Waals surface area contributed by atoms with E-state index in [0.29, 0.717) is 0 Å². The van der Waals surface area contributed by atoms with Gasteiger partial charge in [-0.15, -0.1) is 12.4 Å². The Morgan fingerprint density at radius 2 is 1.89 bits per heavy atom. The minimum atomic E-state index is 0. The first kappa shape index (κ1) is 17.1. The maximum absolute atomic E-state index is 6.20. The molecule has 0 aliphatic heterocycles. The van der Waals surface area contributed by atoms with Gasteiger partial charge >= 0.3 is 0 Å². The number of unbranched alkanes of at least 4 members (excludes halogenated alkanes) is 2. The van der Waals surface area contributed by atoms with Crippen molar-refractivity contribution in [2.45, 2.75) is 38.6 Å². The SMILES string of the molecule is CCCCC[C@@H](N)c1cccc(OC)c1OC.Cl. The van der Waals surface area contributed by atoms with Gasteiger partial charge in [-0.05, 0) is 12.5 Å². The Morgan fingerprint density at radius 3 is 2.44 bits per heavy atom. The molecule has 1 atom stereocenters. The summed E-state index contributed by atoms with van der Waals surface area (Å²) in [5.74, 6) is 1.51. The van der Waals surface area contributed by atoms with Crippen molar-refractivity contribution in [2.75, 3.05) is 14.2 Å². The van der Waals surface area contributed by atoms with E-state index in [1.807, 2.05) is 18.2 Å². The zero-order valence-corrected chi connectivity index (χ0v) is 12.3. The lowest BCUT2D eigenvalue weighted by Crippen LogP contribution is -2.12. The molecule has 0 saturated carbocycles. The molecule has 104 valence electrons. The molecule has 0 heterocycles. The van der Waals surface area contributed by atoms with Crippen LogP contribution in [0, 0.1) is 0 Å². The highest BCUT2D eigenvalue weighted by atomic mass is 35.5. The third kappa shape index (κ3) is 4.39. The van der Waals surface area contributed by atoms with E-state index in [1.165, 1.54) is 12.8 Å². The van der Waals surface area contributed by atoms with E-state index in [2.05, 4.69) is 6.92 Å². The summed E-state index contributed by atoms with van der Waals surface area (Å²) < 4.78 is 10.7. The number of methoxy groups -OCH3 is 2. The molecule has 0 radical (unpaired) electrons. The fraction of sp³-hybridized carbons (Fsp3) is 0.571. The zero-order chi connectivity index (χ0) is 12.7. The lowest BCUT2D eigenvalue weighted by molar-refractivity contribution is 0.348. The van der Waals surface area contributed by atoms with Gasteiger partial charge in [-0.2, -0.15) is 0 Å². The molecule has 0 spiro atoms. The second-order valence-electron chi connectivity index (χ2n) is 4.19. The van der Waals surface area contributed by atoms with Crippen LogP contribution >= 0.6 is 12.4 Å². The first-order chi connectivity index (χ1) is 8.24. The van der Waals surface area contributed by atoms with Gasteiger partial charge in [0.15, 0.2) is 11.5 Å². The van der Waals surface area contributed by atoms with Crippen LogP contribution < -0.4 is 15.2 Å². The van der Waals surface area contributed by atoms with Crippen LogP contribution in [0.2, 0.25) is 0 Å². The average molecular weight is 274 g/mol. The van der Waals surface area contributed by atoms with E-state index < -0.39 is 0 Å². The molecule has 0 aliphatic rings. The molecule has 0 amide bonds. The molecule has 1 rings (SSSR count). The second kappa shape index (κ2) is 9.06. The average Bonchev–Trinajstić information content (AvgIpc) is 2.37. The summed E-state index contributed by atoms with van der Waals surface area (Å²) in [5.41, 5.74) is 7.23. The van der Waals surface area contributed by atoms with Gasteiger partial charge in [-0.25, -0.2) is 0 Å². The molecule has 18 heavy (non-hydrogen) atoms. The Bertz CT molecular complexity index is 345. The minimum absolute atomic E-state index is 0. The van der Waals surface area contributed by atoms with Gasteiger partial charge < -0.3 is 15.2 Å². The third-order valence-electron chi connectivity index (χ3n) is 2.95. The molecule has 1 aromatic rings. The molecule has 0 fully saturated rings. The number of para-hydroxylation sites is 1. The van der Waals surface area contributed by atoms with Crippen molar-refractivity contribution in [2.24, 2.45) is 5.73 Å². The predicted octanol–water partition coefficient (Wildman–Crippen LogP) is 3.71. The summed E-state index contributed by atoms with van der Waals surface area (Å²) in [6, 6.07) is 5.88. The second-order valence-corrected chi connectivity index (χ2v) is 4.19. The minimum Gasteiger partial charge on any atom is -0.493 e.